The van der Waals surface area contributed by atoms with Crippen LogP contribution in [-0.4, -0.2) is 0 Å². The molecule has 5 aromatic rings. The Balaban J connectivity index is 1.81. The van der Waals surface area contributed by atoms with Gasteiger partial charge >= 0.3 is 0 Å². The van der Waals surface area contributed by atoms with E-state index in [-0.39, 0.29) is 0 Å². The maximum absolute atomic E-state index is 2.43. The summed E-state index contributed by atoms with van der Waals surface area (Å²) in [6, 6.07) is 45.2. The van der Waals surface area contributed by atoms with Crippen molar-refractivity contribution >= 4 is 33.9 Å². The molecule has 0 spiro atoms. The third-order valence-electron chi connectivity index (χ3n) is 7.03. The van der Waals surface area contributed by atoms with Gasteiger partial charge in [-0.3, -0.25) is 0 Å². The lowest BCUT2D eigenvalue weighted by molar-refractivity contribution is 1.08. The van der Waals surface area contributed by atoms with Crippen molar-refractivity contribution in [1.29, 1.82) is 0 Å². The molecule has 0 amide bonds. The first-order valence-corrected chi connectivity index (χ1v) is 13.5. The Bertz CT molecular complexity index is 1280. The molecule has 0 aromatic heterocycles. The van der Waals surface area contributed by atoms with E-state index < -0.39 is 7.26 Å². The maximum Gasteiger partial charge on any atom is 0.119 e. The Morgan fingerprint density at radius 1 is 0.485 bits per heavy atom. The minimum Gasteiger partial charge on any atom is -0.0620 e. The second kappa shape index (κ2) is 8.97. The molecule has 0 saturated heterocycles. The van der Waals surface area contributed by atoms with Gasteiger partial charge in [0.25, 0.3) is 0 Å². The minimum atomic E-state index is -1.97. The highest BCUT2D eigenvalue weighted by molar-refractivity contribution is 7.95. The monoisotopic (exact) mass is 445 g/mol. The van der Waals surface area contributed by atoms with Crippen molar-refractivity contribution in [2.75, 3.05) is 0 Å². The van der Waals surface area contributed by atoms with Crippen molar-refractivity contribution in [1.82, 2.24) is 0 Å². The molecule has 1 heteroatoms. The first-order valence-electron chi connectivity index (χ1n) is 11.7. The van der Waals surface area contributed by atoms with Crippen LogP contribution in [0, 0.1) is 13.8 Å². The average Bonchev–Trinajstić information content (AvgIpc) is 2.87. The van der Waals surface area contributed by atoms with Gasteiger partial charge in [0.05, 0.1) is 0 Å². The van der Waals surface area contributed by atoms with Gasteiger partial charge < -0.3 is 0 Å². The van der Waals surface area contributed by atoms with Crippen LogP contribution in [0.4, 0.5) is 0 Å². The van der Waals surface area contributed by atoms with E-state index in [0.29, 0.717) is 5.66 Å². The van der Waals surface area contributed by atoms with Gasteiger partial charge in [0.1, 0.15) is 28.8 Å². The molecule has 0 fully saturated rings. The molecule has 0 N–H and O–H groups in total. The topological polar surface area (TPSA) is 0 Å². The zero-order chi connectivity index (χ0) is 22.8. The lowest BCUT2D eigenvalue weighted by Crippen LogP contribution is -2.34. The summed E-state index contributed by atoms with van der Waals surface area (Å²) in [5, 5.41) is 6.92. The molecular weight excluding hydrogens is 415 g/mol. The first kappa shape index (κ1) is 21.6. The van der Waals surface area contributed by atoms with E-state index >= 15 is 0 Å². The van der Waals surface area contributed by atoms with Crippen molar-refractivity contribution < 1.29 is 0 Å². The molecule has 0 aliphatic rings. The summed E-state index contributed by atoms with van der Waals surface area (Å²) >= 11 is 0. The Morgan fingerprint density at radius 3 is 1.36 bits per heavy atom. The van der Waals surface area contributed by atoms with Gasteiger partial charge in [-0.25, -0.2) is 0 Å². The lowest BCUT2D eigenvalue weighted by Gasteiger charge is -2.33. The molecule has 0 aliphatic heterocycles. The predicted molar refractivity (Wildman–Crippen MR) is 147 cm³/mol. The molecular formula is C32H30P+. The molecule has 0 bridgehead atoms. The van der Waals surface area contributed by atoms with Crippen LogP contribution < -0.4 is 15.9 Å². The van der Waals surface area contributed by atoms with E-state index in [1.165, 1.54) is 43.4 Å². The summed E-state index contributed by atoms with van der Waals surface area (Å²) < 4.78 is 0. The SMILES string of the molecule is Cc1cc2ccc(C(C)[P+](c3ccccc3)(c3ccccc3)c3ccccc3)cc2cc1C. The van der Waals surface area contributed by atoms with Gasteiger partial charge in [-0.1, -0.05) is 78.9 Å². The molecule has 162 valence electrons. The number of rotatable bonds is 5. The molecule has 0 saturated carbocycles. The maximum atomic E-state index is 2.43. The highest BCUT2D eigenvalue weighted by atomic mass is 31.2. The normalized spacial score (nSPS) is 12.6. The van der Waals surface area contributed by atoms with E-state index in [1.54, 1.807) is 0 Å². The van der Waals surface area contributed by atoms with Crippen LogP contribution in [-0.2, 0) is 0 Å². The fourth-order valence-electron chi connectivity index (χ4n) is 5.13. The third kappa shape index (κ3) is 3.79. The van der Waals surface area contributed by atoms with Gasteiger partial charge in [-0.05, 0) is 90.7 Å². The number of hydrogen-bond acceptors (Lipinski definition) is 0. The van der Waals surface area contributed by atoms with Crippen LogP contribution in [0.3, 0.4) is 0 Å². The smallest absolute Gasteiger partial charge is 0.0620 e. The third-order valence-corrected chi connectivity index (χ3v) is 11.8. The number of hydrogen-bond donors (Lipinski definition) is 0. The fourth-order valence-corrected chi connectivity index (χ4v) is 9.91. The van der Waals surface area contributed by atoms with Crippen molar-refractivity contribution in [2.45, 2.75) is 26.4 Å². The summed E-state index contributed by atoms with van der Waals surface area (Å²) in [6.45, 7) is 6.84. The van der Waals surface area contributed by atoms with Gasteiger partial charge in [-0.15, -0.1) is 0 Å². The first-order chi connectivity index (χ1) is 16.1. The average molecular weight is 446 g/mol. The number of benzene rings is 5. The number of aryl methyl sites for hydroxylation is 2. The molecule has 5 rings (SSSR count). The van der Waals surface area contributed by atoms with Gasteiger partial charge in [-0.2, -0.15) is 0 Å². The predicted octanol–water partition coefficient (Wildman–Crippen LogP) is 7.51. The van der Waals surface area contributed by atoms with E-state index in [9.17, 15) is 0 Å². The van der Waals surface area contributed by atoms with Crippen LogP contribution in [0.15, 0.2) is 121 Å². The molecule has 0 radical (unpaired) electrons. The van der Waals surface area contributed by atoms with Gasteiger partial charge in [0.2, 0.25) is 0 Å². The lowest BCUT2D eigenvalue weighted by atomic mass is 10.00. The van der Waals surface area contributed by atoms with E-state index in [0.717, 1.165) is 0 Å². The van der Waals surface area contributed by atoms with E-state index in [1.807, 2.05) is 0 Å². The minimum absolute atomic E-state index is 0.329. The summed E-state index contributed by atoms with van der Waals surface area (Å²) in [5.74, 6) is 0. The van der Waals surface area contributed by atoms with Crippen molar-refractivity contribution in [3.05, 3.63) is 138 Å². The van der Waals surface area contributed by atoms with Crippen LogP contribution in [0.1, 0.15) is 29.3 Å². The standard InChI is InChI=1S/C32H30P/c1-24-21-28-20-19-27(23-29(28)22-25(24)2)26(3)33(30-13-7-4-8-14-30,31-15-9-5-10-16-31)32-17-11-6-12-18-32/h4-23,26H,1-3H3/q+1. The highest BCUT2D eigenvalue weighted by Gasteiger charge is 2.50. The summed E-state index contributed by atoms with van der Waals surface area (Å²) in [5.41, 5.74) is 4.43. The van der Waals surface area contributed by atoms with Crippen LogP contribution in [0.25, 0.3) is 10.8 Å². The summed E-state index contributed by atoms with van der Waals surface area (Å²) in [6.07, 6.45) is 0. The molecule has 0 heterocycles. The highest BCUT2D eigenvalue weighted by Crippen LogP contribution is 2.66. The van der Waals surface area contributed by atoms with E-state index in [2.05, 4.69) is 142 Å². The van der Waals surface area contributed by atoms with E-state index in [4.69, 9.17) is 0 Å². The molecule has 1 atom stereocenters. The molecule has 0 aliphatic carbocycles. The summed E-state index contributed by atoms with van der Waals surface area (Å²) in [7, 11) is -1.97. The van der Waals surface area contributed by atoms with Crippen LogP contribution in [0.5, 0.6) is 0 Å². The fraction of sp³-hybridized carbons (Fsp3) is 0.125. The Kier molecular flexibility index (Phi) is 5.88. The van der Waals surface area contributed by atoms with Crippen molar-refractivity contribution in [2.24, 2.45) is 0 Å². The second-order valence-corrected chi connectivity index (χ2v) is 12.7. The van der Waals surface area contributed by atoms with Crippen molar-refractivity contribution in [3.8, 4) is 0 Å². The van der Waals surface area contributed by atoms with Crippen molar-refractivity contribution in [3.63, 3.8) is 0 Å². The molecule has 1 unspecified atom stereocenters. The van der Waals surface area contributed by atoms with Crippen LogP contribution in [0.2, 0.25) is 0 Å². The quantitative estimate of drug-likeness (QED) is 0.246. The zero-order valence-electron chi connectivity index (χ0n) is 19.6. The molecule has 0 nitrogen and oxygen atoms in total. The van der Waals surface area contributed by atoms with Gasteiger partial charge in [0.15, 0.2) is 0 Å². The van der Waals surface area contributed by atoms with Crippen LogP contribution >= 0.6 is 7.26 Å². The molecule has 5 aromatic carbocycles. The zero-order valence-corrected chi connectivity index (χ0v) is 20.5. The van der Waals surface area contributed by atoms with Gasteiger partial charge in [0, 0.05) is 0 Å². The second-order valence-electron chi connectivity index (χ2n) is 8.95. The Hall–Kier alpha value is -3.21. The molecule has 33 heavy (non-hydrogen) atoms. The largest absolute Gasteiger partial charge is 0.119 e. The summed E-state index contributed by atoms with van der Waals surface area (Å²) in [4.78, 5) is 0. The number of fused-ring (bicyclic) bond motifs is 1. The Morgan fingerprint density at radius 2 is 0.909 bits per heavy atom. The Labute approximate surface area is 198 Å².